The second kappa shape index (κ2) is 5.37. The maximum atomic E-state index is 13.2. The summed E-state index contributed by atoms with van der Waals surface area (Å²) in [5, 5.41) is 0. The van der Waals surface area contributed by atoms with Crippen LogP contribution in [-0.4, -0.2) is 8.42 Å². The molecule has 4 nitrogen and oxygen atoms in total. The summed E-state index contributed by atoms with van der Waals surface area (Å²) in [6.45, 7) is 5.09. The summed E-state index contributed by atoms with van der Waals surface area (Å²) in [4.78, 5) is 0.0597. The number of rotatable bonds is 3. The van der Waals surface area contributed by atoms with Gasteiger partial charge in [-0.15, -0.1) is 0 Å². The van der Waals surface area contributed by atoms with E-state index in [0.29, 0.717) is 16.8 Å². The van der Waals surface area contributed by atoms with Crippen LogP contribution in [0.4, 0.5) is 15.8 Å². The van der Waals surface area contributed by atoms with Crippen molar-refractivity contribution < 1.29 is 12.8 Å². The van der Waals surface area contributed by atoms with Gasteiger partial charge < -0.3 is 5.73 Å². The summed E-state index contributed by atoms with van der Waals surface area (Å²) in [6.07, 6.45) is 0. The Labute approximate surface area is 123 Å². The van der Waals surface area contributed by atoms with Gasteiger partial charge in [0.25, 0.3) is 10.0 Å². The smallest absolute Gasteiger partial charge is 0.264 e. The van der Waals surface area contributed by atoms with Gasteiger partial charge in [0.05, 0.1) is 5.69 Å². The molecule has 0 saturated carbocycles. The number of nitrogens with two attached hydrogens (primary N) is 1. The molecule has 0 aliphatic heterocycles. The molecule has 21 heavy (non-hydrogen) atoms. The van der Waals surface area contributed by atoms with Gasteiger partial charge >= 0.3 is 0 Å². The van der Waals surface area contributed by atoms with Gasteiger partial charge in [0.2, 0.25) is 0 Å². The van der Waals surface area contributed by atoms with E-state index in [-0.39, 0.29) is 16.4 Å². The van der Waals surface area contributed by atoms with E-state index in [0.717, 1.165) is 5.56 Å². The minimum atomic E-state index is -3.82. The van der Waals surface area contributed by atoms with Gasteiger partial charge in [-0.1, -0.05) is 6.07 Å². The quantitative estimate of drug-likeness (QED) is 0.856. The van der Waals surface area contributed by atoms with E-state index < -0.39 is 10.0 Å². The fourth-order valence-corrected chi connectivity index (χ4v) is 3.56. The molecule has 112 valence electrons. The molecule has 0 heterocycles. The van der Waals surface area contributed by atoms with Gasteiger partial charge in [-0.25, -0.2) is 12.8 Å². The Morgan fingerprint density at radius 1 is 1.05 bits per heavy atom. The number of nitrogen functional groups attached to an aromatic ring is 1. The molecule has 0 fully saturated rings. The first-order valence-corrected chi connectivity index (χ1v) is 7.85. The monoisotopic (exact) mass is 308 g/mol. The lowest BCUT2D eigenvalue weighted by molar-refractivity contribution is 0.600. The number of hydrogen-bond acceptors (Lipinski definition) is 3. The van der Waals surface area contributed by atoms with E-state index in [1.54, 1.807) is 26.0 Å². The molecule has 0 radical (unpaired) electrons. The highest BCUT2D eigenvalue weighted by Crippen LogP contribution is 2.27. The number of hydrogen-bond donors (Lipinski definition) is 2. The van der Waals surface area contributed by atoms with Crippen molar-refractivity contribution in [1.29, 1.82) is 0 Å². The highest BCUT2D eigenvalue weighted by molar-refractivity contribution is 7.93. The maximum Gasteiger partial charge on any atom is 0.264 e. The van der Waals surface area contributed by atoms with E-state index in [1.807, 2.05) is 6.92 Å². The zero-order valence-electron chi connectivity index (χ0n) is 12.1. The number of halogens is 1. The van der Waals surface area contributed by atoms with Crippen molar-refractivity contribution in [2.24, 2.45) is 0 Å². The molecule has 0 amide bonds. The Balaban J connectivity index is 2.48. The maximum absolute atomic E-state index is 13.2. The van der Waals surface area contributed by atoms with Crippen LogP contribution in [0.2, 0.25) is 0 Å². The number of sulfonamides is 1. The minimum absolute atomic E-state index is 0.0597. The minimum Gasteiger partial charge on any atom is -0.398 e. The van der Waals surface area contributed by atoms with Crippen molar-refractivity contribution in [3.63, 3.8) is 0 Å². The predicted octanol–water partition coefficient (Wildman–Crippen LogP) is 3.13. The molecule has 0 atom stereocenters. The van der Waals surface area contributed by atoms with E-state index in [9.17, 15) is 12.8 Å². The first-order valence-electron chi connectivity index (χ1n) is 6.37. The summed E-state index contributed by atoms with van der Waals surface area (Å²) >= 11 is 0. The van der Waals surface area contributed by atoms with E-state index >= 15 is 0 Å². The van der Waals surface area contributed by atoms with Crippen LogP contribution >= 0.6 is 0 Å². The molecule has 0 saturated heterocycles. The van der Waals surface area contributed by atoms with Crippen molar-refractivity contribution in [3.8, 4) is 0 Å². The van der Waals surface area contributed by atoms with E-state index in [4.69, 9.17) is 5.73 Å². The second-order valence-electron chi connectivity index (χ2n) is 5.00. The molecule has 0 aliphatic rings. The molecule has 2 aromatic carbocycles. The standard InChI is InChI=1S/C15H17FN2O2S/c1-9-4-7-14(17)15(11(9)3)21(19,20)18-12-5-6-13(16)10(2)8-12/h4-8,18H,17H2,1-3H3. The average Bonchev–Trinajstić information content (AvgIpc) is 2.38. The number of nitrogens with one attached hydrogen (secondary N) is 1. The highest BCUT2D eigenvalue weighted by Gasteiger charge is 2.21. The van der Waals surface area contributed by atoms with Crippen molar-refractivity contribution >= 4 is 21.4 Å². The molecule has 0 aliphatic carbocycles. The topological polar surface area (TPSA) is 72.2 Å². The SMILES string of the molecule is Cc1cc(NS(=O)(=O)c2c(N)ccc(C)c2C)ccc1F. The van der Waals surface area contributed by atoms with E-state index in [2.05, 4.69) is 4.72 Å². The molecule has 0 bridgehead atoms. The predicted molar refractivity (Wildman–Crippen MR) is 82.3 cm³/mol. The largest absolute Gasteiger partial charge is 0.398 e. The van der Waals surface area contributed by atoms with Crippen LogP contribution in [0.25, 0.3) is 0 Å². The third-order valence-electron chi connectivity index (χ3n) is 3.39. The van der Waals surface area contributed by atoms with Crippen LogP contribution in [0.3, 0.4) is 0 Å². The lowest BCUT2D eigenvalue weighted by Gasteiger charge is -2.14. The Morgan fingerprint density at radius 2 is 1.71 bits per heavy atom. The van der Waals surface area contributed by atoms with E-state index in [1.165, 1.54) is 18.2 Å². The summed E-state index contributed by atoms with van der Waals surface area (Å²) < 4.78 is 40.7. The molecule has 0 spiro atoms. The van der Waals surface area contributed by atoms with Crippen molar-refractivity contribution in [1.82, 2.24) is 0 Å². The average molecular weight is 308 g/mol. The lowest BCUT2D eigenvalue weighted by atomic mass is 10.1. The molecule has 2 rings (SSSR count). The Bertz CT molecular complexity index is 802. The third kappa shape index (κ3) is 3.00. The van der Waals surface area contributed by atoms with Gasteiger partial charge in [0, 0.05) is 5.69 Å². The molecule has 0 unspecified atom stereocenters. The first kappa shape index (κ1) is 15.3. The molecule has 0 aromatic heterocycles. The van der Waals surface area contributed by atoms with Gasteiger partial charge in [0.15, 0.2) is 0 Å². The molecule has 3 N–H and O–H groups in total. The molecular weight excluding hydrogens is 291 g/mol. The van der Waals surface area contributed by atoms with Gasteiger partial charge in [0.1, 0.15) is 10.7 Å². The molecule has 6 heteroatoms. The lowest BCUT2D eigenvalue weighted by Crippen LogP contribution is -2.17. The Morgan fingerprint density at radius 3 is 2.33 bits per heavy atom. The Kier molecular flexibility index (Phi) is 3.91. The van der Waals surface area contributed by atoms with Crippen LogP contribution in [0, 0.1) is 26.6 Å². The van der Waals surface area contributed by atoms with Crippen LogP contribution in [0.5, 0.6) is 0 Å². The van der Waals surface area contributed by atoms with Crippen LogP contribution < -0.4 is 10.5 Å². The van der Waals surface area contributed by atoms with Gasteiger partial charge in [-0.2, -0.15) is 0 Å². The number of aryl methyl sites for hydroxylation is 2. The van der Waals surface area contributed by atoms with Crippen molar-refractivity contribution in [2.45, 2.75) is 25.7 Å². The normalized spacial score (nSPS) is 11.4. The van der Waals surface area contributed by atoms with Gasteiger partial charge in [-0.3, -0.25) is 4.72 Å². The zero-order valence-corrected chi connectivity index (χ0v) is 12.9. The zero-order chi connectivity index (χ0) is 15.8. The Hall–Kier alpha value is -2.08. The summed E-state index contributed by atoms with van der Waals surface area (Å²) in [5.41, 5.74) is 8.09. The van der Waals surface area contributed by atoms with Crippen LogP contribution in [0.15, 0.2) is 35.2 Å². The third-order valence-corrected chi connectivity index (χ3v) is 4.97. The molecule has 2 aromatic rings. The summed E-state index contributed by atoms with van der Waals surface area (Å²) in [7, 11) is -3.82. The van der Waals surface area contributed by atoms with Gasteiger partial charge in [-0.05, 0) is 61.7 Å². The highest BCUT2D eigenvalue weighted by atomic mass is 32.2. The van der Waals surface area contributed by atoms with Crippen LogP contribution in [-0.2, 0) is 10.0 Å². The summed E-state index contributed by atoms with van der Waals surface area (Å²) in [6, 6.07) is 7.37. The number of anilines is 2. The number of benzene rings is 2. The summed E-state index contributed by atoms with van der Waals surface area (Å²) in [5.74, 6) is -0.385. The van der Waals surface area contributed by atoms with Crippen molar-refractivity contribution in [2.75, 3.05) is 10.5 Å². The van der Waals surface area contributed by atoms with Crippen molar-refractivity contribution in [3.05, 3.63) is 52.8 Å². The first-order chi connectivity index (χ1) is 9.72. The molecular formula is C15H17FN2O2S. The fourth-order valence-electron chi connectivity index (χ4n) is 2.08. The van der Waals surface area contributed by atoms with Crippen LogP contribution in [0.1, 0.15) is 16.7 Å². The second-order valence-corrected chi connectivity index (χ2v) is 6.61. The fraction of sp³-hybridized carbons (Fsp3) is 0.200.